The van der Waals surface area contributed by atoms with Crippen LogP contribution in [-0.2, 0) is 21.2 Å². The number of nitrogens with one attached hydrogen (secondary N) is 2. The lowest BCUT2D eigenvalue weighted by Crippen LogP contribution is -2.22. The number of ketones is 1. The largest absolute Gasteiger partial charge is 0.476 e. The number of carbonyl (C=O) groups excluding carboxylic acids is 1. The summed E-state index contributed by atoms with van der Waals surface area (Å²) in [6.45, 7) is 1.26. The molecule has 12 heteroatoms. The summed E-state index contributed by atoms with van der Waals surface area (Å²) in [5.41, 5.74) is 0.798. The highest BCUT2D eigenvalue weighted by Gasteiger charge is 2.22. The minimum absolute atomic E-state index is 0.0599. The van der Waals surface area contributed by atoms with Crippen LogP contribution in [0.25, 0.3) is 0 Å². The minimum Gasteiger partial charge on any atom is -0.476 e. The van der Waals surface area contributed by atoms with Crippen molar-refractivity contribution < 1.29 is 27.5 Å². The minimum atomic E-state index is -4.22. The Bertz CT molecular complexity index is 1060. The number of amidine groups is 1. The molecule has 2 heterocycles. The van der Waals surface area contributed by atoms with Crippen LogP contribution in [0.2, 0.25) is 0 Å². The van der Waals surface area contributed by atoms with Gasteiger partial charge in [0, 0.05) is 13.0 Å². The van der Waals surface area contributed by atoms with Crippen LogP contribution in [0.15, 0.2) is 33.6 Å². The van der Waals surface area contributed by atoms with Crippen LogP contribution in [0.5, 0.6) is 0 Å². The zero-order valence-corrected chi connectivity index (χ0v) is 15.9. The van der Waals surface area contributed by atoms with Gasteiger partial charge in [0.15, 0.2) is 5.69 Å². The lowest BCUT2D eigenvalue weighted by Gasteiger charge is -2.09. The summed E-state index contributed by atoms with van der Waals surface area (Å²) in [6.07, 6.45) is -0.136. The maximum atomic E-state index is 14.3. The van der Waals surface area contributed by atoms with Gasteiger partial charge >= 0.3 is 5.97 Å². The summed E-state index contributed by atoms with van der Waals surface area (Å²) in [5.74, 6) is -1.93. The van der Waals surface area contributed by atoms with Gasteiger partial charge in [-0.1, -0.05) is 6.07 Å². The number of Topliss-reactive ketones (excluding diaryl/α,β-unsaturated/α-hetero) is 1. The van der Waals surface area contributed by atoms with E-state index in [1.54, 1.807) is 0 Å². The quantitative estimate of drug-likeness (QED) is 0.578. The van der Waals surface area contributed by atoms with Crippen molar-refractivity contribution in [2.24, 2.45) is 4.99 Å². The molecule has 1 aliphatic heterocycles. The Morgan fingerprint density at radius 2 is 2.11 bits per heavy atom. The van der Waals surface area contributed by atoms with E-state index in [9.17, 15) is 22.4 Å². The van der Waals surface area contributed by atoms with Crippen molar-refractivity contribution in [1.82, 2.24) is 10.3 Å². The summed E-state index contributed by atoms with van der Waals surface area (Å²) < 4.78 is 41.3. The Morgan fingerprint density at radius 3 is 2.75 bits per heavy atom. The molecular formula is C16H15FN4O5S2. The lowest BCUT2D eigenvalue weighted by atomic mass is 10.1. The van der Waals surface area contributed by atoms with Gasteiger partial charge in [0.05, 0.1) is 23.4 Å². The smallest absolute Gasteiger partial charge is 0.357 e. The predicted octanol–water partition coefficient (Wildman–Crippen LogP) is 1.28. The van der Waals surface area contributed by atoms with Gasteiger partial charge in [0.2, 0.25) is 0 Å². The number of nitrogens with zero attached hydrogens (tertiary/aromatic N) is 2. The number of aliphatic imine (C=N–C) groups is 1. The molecular weight excluding hydrogens is 411 g/mol. The van der Waals surface area contributed by atoms with Crippen molar-refractivity contribution in [3.8, 4) is 0 Å². The number of thiazole rings is 1. The van der Waals surface area contributed by atoms with Gasteiger partial charge in [-0.25, -0.2) is 22.6 Å². The SMILES string of the molecule is O=C(CC1=NCCN1)Cc1ccc(S(=O)(=O)Nc2scnc2C(=O)O)cc1F. The Labute approximate surface area is 163 Å². The lowest BCUT2D eigenvalue weighted by molar-refractivity contribution is -0.117. The first-order chi connectivity index (χ1) is 13.3. The van der Waals surface area contributed by atoms with Crippen LogP contribution in [0.1, 0.15) is 22.5 Å². The third kappa shape index (κ3) is 4.51. The van der Waals surface area contributed by atoms with E-state index in [4.69, 9.17) is 5.11 Å². The maximum absolute atomic E-state index is 14.3. The van der Waals surface area contributed by atoms with Gasteiger partial charge in [-0.3, -0.25) is 14.5 Å². The average molecular weight is 426 g/mol. The van der Waals surface area contributed by atoms with E-state index in [2.05, 4.69) is 20.0 Å². The summed E-state index contributed by atoms with van der Waals surface area (Å²) in [5, 5.41) is 11.8. The molecule has 2 aromatic rings. The molecule has 1 aromatic carbocycles. The van der Waals surface area contributed by atoms with Crippen molar-refractivity contribution in [3.63, 3.8) is 0 Å². The van der Waals surface area contributed by atoms with Crippen LogP contribution < -0.4 is 10.0 Å². The molecule has 0 aliphatic carbocycles. The second-order valence-electron chi connectivity index (χ2n) is 5.84. The van der Waals surface area contributed by atoms with E-state index in [-0.39, 0.29) is 29.2 Å². The maximum Gasteiger partial charge on any atom is 0.357 e. The number of aromatic nitrogens is 1. The van der Waals surface area contributed by atoms with E-state index in [1.807, 2.05) is 0 Å². The molecule has 0 saturated heterocycles. The highest BCUT2D eigenvalue weighted by molar-refractivity contribution is 7.93. The van der Waals surface area contributed by atoms with Gasteiger partial charge in [0.25, 0.3) is 10.0 Å². The third-order valence-corrected chi connectivity index (χ3v) is 6.05. The second-order valence-corrected chi connectivity index (χ2v) is 8.38. The zero-order chi connectivity index (χ0) is 20.3. The van der Waals surface area contributed by atoms with E-state index < -0.39 is 32.4 Å². The summed E-state index contributed by atoms with van der Waals surface area (Å²) in [4.78, 5) is 30.3. The predicted molar refractivity (Wildman–Crippen MR) is 99.9 cm³/mol. The molecule has 0 bridgehead atoms. The standard InChI is InChI=1S/C16H15FN4O5S2/c17-12-7-11(28(25,26)21-15-14(16(23)24)20-8-27-15)2-1-9(12)5-10(22)6-13-18-3-4-19-13/h1-2,7-8,21H,3-6H2,(H,18,19)(H,23,24). The summed E-state index contributed by atoms with van der Waals surface area (Å²) >= 11 is 0.792. The zero-order valence-electron chi connectivity index (χ0n) is 14.3. The molecule has 0 spiro atoms. The summed E-state index contributed by atoms with van der Waals surface area (Å²) in [6, 6.07) is 3.16. The molecule has 148 valence electrons. The number of benzene rings is 1. The Balaban J connectivity index is 1.74. The van der Waals surface area contributed by atoms with Crippen molar-refractivity contribution in [2.75, 3.05) is 17.8 Å². The first kappa shape index (κ1) is 19.9. The molecule has 0 radical (unpaired) electrons. The number of rotatable bonds is 8. The van der Waals surface area contributed by atoms with Crippen molar-refractivity contribution in [3.05, 3.63) is 40.8 Å². The van der Waals surface area contributed by atoms with Gasteiger partial charge in [-0.2, -0.15) is 0 Å². The number of sulfonamides is 1. The fourth-order valence-electron chi connectivity index (χ4n) is 2.52. The van der Waals surface area contributed by atoms with Gasteiger partial charge in [0.1, 0.15) is 22.4 Å². The van der Waals surface area contributed by atoms with Crippen LogP contribution in [0.3, 0.4) is 0 Å². The molecule has 0 saturated carbocycles. The van der Waals surface area contributed by atoms with Crippen LogP contribution in [0, 0.1) is 5.82 Å². The summed E-state index contributed by atoms with van der Waals surface area (Å²) in [7, 11) is -4.22. The van der Waals surface area contributed by atoms with E-state index in [1.165, 1.54) is 11.6 Å². The average Bonchev–Trinajstić information content (AvgIpc) is 3.28. The Hall–Kier alpha value is -2.86. The highest BCUT2D eigenvalue weighted by atomic mass is 32.2. The molecule has 9 nitrogen and oxygen atoms in total. The number of hydrogen-bond donors (Lipinski definition) is 3. The van der Waals surface area contributed by atoms with Gasteiger partial charge in [-0.05, 0) is 17.7 Å². The number of aromatic carboxylic acids is 1. The molecule has 1 aliphatic rings. The van der Waals surface area contributed by atoms with Crippen molar-refractivity contribution >= 4 is 43.9 Å². The van der Waals surface area contributed by atoms with E-state index >= 15 is 0 Å². The number of carboxylic acid groups (broad SMARTS) is 1. The molecule has 0 atom stereocenters. The van der Waals surface area contributed by atoms with E-state index in [0.717, 1.165) is 23.5 Å². The fourth-order valence-corrected chi connectivity index (χ4v) is 4.52. The fraction of sp³-hybridized carbons (Fsp3) is 0.250. The Morgan fingerprint density at radius 1 is 1.32 bits per heavy atom. The van der Waals surface area contributed by atoms with E-state index in [0.29, 0.717) is 18.9 Å². The molecule has 1 aromatic heterocycles. The monoisotopic (exact) mass is 426 g/mol. The molecule has 0 amide bonds. The van der Waals surface area contributed by atoms with Crippen LogP contribution in [0.4, 0.5) is 9.39 Å². The number of anilines is 1. The van der Waals surface area contributed by atoms with Crippen LogP contribution in [-0.4, -0.2) is 49.2 Å². The highest BCUT2D eigenvalue weighted by Crippen LogP contribution is 2.25. The third-order valence-electron chi connectivity index (χ3n) is 3.83. The molecule has 0 fully saturated rings. The first-order valence-electron chi connectivity index (χ1n) is 8.03. The van der Waals surface area contributed by atoms with Gasteiger partial charge < -0.3 is 10.4 Å². The van der Waals surface area contributed by atoms with Crippen LogP contribution >= 0.6 is 11.3 Å². The van der Waals surface area contributed by atoms with Gasteiger partial charge in [-0.15, -0.1) is 11.3 Å². The first-order valence-corrected chi connectivity index (χ1v) is 10.4. The van der Waals surface area contributed by atoms with Crippen molar-refractivity contribution in [2.45, 2.75) is 17.7 Å². The number of halogens is 1. The molecule has 28 heavy (non-hydrogen) atoms. The second kappa shape index (κ2) is 8.02. The Kier molecular flexibility index (Phi) is 5.70. The van der Waals surface area contributed by atoms with Crippen molar-refractivity contribution in [1.29, 1.82) is 0 Å². The molecule has 3 N–H and O–H groups in total. The molecule has 3 rings (SSSR count). The normalized spacial score (nSPS) is 13.7. The number of carbonyl (C=O) groups is 2. The number of carboxylic acids is 1. The molecule has 0 unspecified atom stereocenters. The topological polar surface area (TPSA) is 138 Å². The number of hydrogen-bond acceptors (Lipinski definition) is 8.